The number of nitrogens with one attached hydrogen (secondary N) is 1. The van der Waals surface area contributed by atoms with Crippen LogP contribution in [0.4, 0.5) is 15.8 Å². The van der Waals surface area contributed by atoms with Gasteiger partial charge in [0.2, 0.25) is 0 Å². The average Bonchev–Trinajstić information content (AvgIpc) is 3.04. The summed E-state index contributed by atoms with van der Waals surface area (Å²) in [5.74, 6) is -0.573. The van der Waals surface area contributed by atoms with E-state index in [4.69, 9.17) is 5.26 Å². The van der Waals surface area contributed by atoms with E-state index >= 15 is 0 Å². The minimum Gasteiger partial charge on any atom is -0.378 e. The van der Waals surface area contributed by atoms with Gasteiger partial charge in [-0.2, -0.15) is 5.26 Å². The van der Waals surface area contributed by atoms with Crippen molar-refractivity contribution in [1.29, 1.82) is 5.26 Å². The fraction of sp³-hybridized carbons (Fsp3) is 0.300. The van der Waals surface area contributed by atoms with Crippen LogP contribution in [0.25, 0.3) is 0 Å². The SMILES string of the molecule is C[C@](O)(CN1CCc2ccccc21)C(=O)Nc1ccc(C#N)c(CF)c1. The summed E-state index contributed by atoms with van der Waals surface area (Å²) in [4.78, 5) is 14.5. The number of carbonyl (C=O) groups is 1. The van der Waals surface area contributed by atoms with Crippen molar-refractivity contribution in [3.8, 4) is 6.07 Å². The molecule has 0 radical (unpaired) electrons. The van der Waals surface area contributed by atoms with E-state index in [1.165, 1.54) is 30.7 Å². The lowest BCUT2D eigenvalue weighted by Crippen LogP contribution is -2.49. The summed E-state index contributed by atoms with van der Waals surface area (Å²) in [7, 11) is 0. The van der Waals surface area contributed by atoms with Gasteiger partial charge in [0.15, 0.2) is 5.60 Å². The van der Waals surface area contributed by atoms with Crippen LogP contribution in [0.5, 0.6) is 0 Å². The number of benzene rings is 2. The number of anilines is 2. The Morgan fingerprint density at radius 1 is 1.38 bits per heavy atom. The first-order valence-electron chi connectivity index (χ1n) is 8.40. The maximum absolute atomic E-state index is 13.0. The van der Waals surface area contributed by atoms with Gasteiger partial charge in [-0.05, 0) is 43.2 Å². The second-order valence-electron chi connectivity index (χ2n) is 6.65. The molecule has 0 bridgehead atoms. The Morgan fingerprint density at radius 3 is 2.88 bits per heavy atom. The predicted molar refractivity (Wildman–Crippen MR) is 97.6 cm³/mol. The van der Waals surface area contributed by atoms with Gasteiger partial charge < -0.3 is 15.3 Å². The Balaban J connectivity index is 1.72. The molecule has 1 aliphatic heterocycles. The van der Waals surface area contributed by atoms with Crippen molar-refractivity contribution in [2.45, 2.75) is 25.6 Å². The second-order valence-corrected chi connectivity index (χ2v) is 6.65. The second kappa shape index (κ2) is 7.14. The molecule has 1 heterocycles. The summed E-state index contributed by atoms with van der Waals surface area (Å²) in [6, 6.07) is 14.2. The third kappa shape index (κ3) is 3.53. The van der Waals surface area contributed by atoms with E-state index in [1.807, 2.05) is 35.2 Å². The number of fused-ring (bicyclic) bond motifs is 1. The van der Waals surface area contributed by atoms with Crippen molar-refractivity contribution in [2.75, 3.05) is 23.3 Å². The van der Waals surface area contributed by atoms with Gasteiger partial charge in [0, 0.05) is 23.5 Å². The number of hydrogen-bond donors (Lipinski definition) is 2. The first-order valence-corrected chi connectivity index (χ1v) is 8.40. The molecule has 1 aliphatic rings. The minimum absolute atomic E-state index is 0.155. The van der Waals surface area contributed by atoms with Gasteiger partial charge in [0.25, 0.3) is 5.91 Å². The smallest absolute Gasteiger partial charge is 0.257 e. The molecule has 26 heavy (non-hydrogen) atoms. The Kier molecular flexibility index (Phi) is 4.92. The maximum Gasteiger partial charge on any atom is 0.257 e. The van der Waals surface area contributed by atoms with Crippen LogP contribution in [0, 0.1) is 11.3 Å². The highest BCUT2D eigenvalue weighted by Crippen LogP contribution is 2.29. The van der Waals surface area contributed by atoms with Gasteiger partial charge in [0.05, 0.1) is 18.2 Å². The number of nitrogens with zero attached hydrogens (tertiary/aromatic N) is 2. The Morgan fingerprint density at radius 2 is 2.15 bits per heavy atom. The summed E-state index contributed by atoms with van der Waals surface area (Å²) >= 11 is 0. The van der Waals surface area contributed by atoms with Gasteiger partial charge in [-0.25, -0.2) is 4.39 Å². The number of para-hydroxylation sites is 1. The number of alkyl halides is 1. The maximum atomic E-state index is 13.0. The lowest BCUT2D eigenvalue weighted by atomic mass is 10.0. The first-order chi connectivity index (χ1) is 12.4. The Bertz CT molecular complexity index is 874. The average molecular weight is 353 g/mol. The number of hydrogen-bond acceptors (Lipinski definition) is 4. The van der Waals surface area contributed by atoms with Crippen LogP contribution in [-0.4, -0.2) is 29.7 Å². The normalized spacial score (nSPS) is 15.1. The number of rotatable bonds is 5. The number of nitriles is 1. The molecule has 2 aromatic carbocycles. The Labute approximate surface area is 151 Å². The number of β-amino-alcohol motifs (C(OH)–C–C–N with tert-alkyl or cyclic N) is 1. The molecule has 1 amide bonds. The molecule has 0 fully saturated rings. The van der Waals surface area contributed by atoms with Crippen LogP contribution in [0.3, 0.4) is 0 Å². The highest BCUT2D eigenvalue weighted by Gasteiger charge is 2.34. The summed E-state index contributed by atoms with van der Waals surface area (Å²) in [6.07, 6.45) is 0.878. The first kappa shape index (κ1) is 17.9. The van der Waals surface area contributed by atoms with Crippen LogP contribution in [0.2, 0.25) is 0 Å². The monoisotopic (exact) mass is 353 g/mol. The number of aliphatic hydroxyl groups is 1. The van der Waals surface area contributed by atoms with Crippen LogP contribution < -0.4 is 10.2 Å². The van der Waals surface area contributed by atoms with E-state index in [0.717, 1.165) is 18.7 Å². The lowest BCUT2D eigenvalue weighted by molar-refractivity contribution is -0.131. The van der Waals surface area contributed by atoms with E-state index in [1.54, 1.807) is 0 Å². The van der Waals surface area contributed by atoms with Crippen LogP contribution >= 0.6 is 0 Å². The van der Waals surface area contributed by atoms with E-state index < -0.39 is 18.2 Å². The molecule has 3 rings (SSSR count). The molecule has 2 aromatic rings. The van der Waals surface area contributed by atoms with E-state index in [0.29, 0.717) is 5.69 Å². The van der Waals surface area contributed by atoms with E-state index in [2.05, 4.69) is 5.32 Å². The van der Waals surface area contributed by atoms with Gasteiger partial charge >= 0.3 is 0 Å². The van der Waals surface area contributed by atoms with E-state index in [9.17, 15) is 14.3 Å². The summed E-state index contributed by atoms with van der Waals surface area (Å²) in [5, 5.41) is 22.2. The number of amides is 1. The molecule has 0 saturated carbocycles. The zero-order valence-electron chi connectivity index (χ0n) is 14.5. The molecule has 0 saturated heterocycles. The molecule has 0 spiro atoms. The molecule has 0 unspecified atom stereocenters. The molecule has 6 heteroatoms. The predicted octanol–water partition coefficient (Wildman–Crippen LogP) is 2.78. The molecular formula is C20H20FN3O2. The zero-order chi connectivity index (χ0) is 18.7. The van der Waals surface area contributed by atoms with Crippen molar-refractivity contribution < 1.29 is 14.3 Å². The Hall–Kier alpha value is -2.91. The van der Waals surface area contributed by atoms with Gasteiger partial charge in [-0.15, -0.1) is 0 Å². The summed E-state index contributed by atoms with van der Waals surface area (Å²) in [6.45, 7) is 1.56. The third-order valence-electron chi connectivity index (χ3n) is 4.60. The fourth-order valence-electron chi connectivity index (χ4n) is 3.17. The molecular weight excluding hydrogens is 333 g/mol. The minimum atomic E-state index is -1.62. The molecule has 2 N–H and O–H groups in total. The molecule has 0 aliphatic carbocycles. The van der Waals surface area contributed by atoms with Gasteiger partial charge in [0.1, 0.15) is 6.67 Å². The van der Waals surface area contributed by atoms with Crippen molar-refractivity contribution in [1.82, 2.24) is 0 Å². The number of halogens is 1. The zero-order valence-corrected chi connectivity index (χ0v) is 14.5. The third-order valence-corrected chi connectivity index (χ3v) is 4.60. The van der Waals surface area contributed by atoms with Crippen LogP contribution in [0.15, 0.2) is 42.5 Å². The van der Waals surface area contributed by atoms with Crippen LogP contribution in [0.1, 0.15) is 23.6 Å². The van der Waals surface area contributed by atoms with Gasteiger partial charge in [-0.1, -0.05) is 18.2 Å². The fourth-order valence-corrected chi connectivity index (χ4v) is 3.17. The van der Waals surface area contributed by atoms with Crippen molar-refractivity contribution in [2.24, 2.45) is 0 Å². The standard InChI is InChI=1S/C20H20FN3O2/c1-20(26,13-24-9-8-14-4-2-3-5-18(14)24)19(25)23-17-7-6-15(12-22)16(10-17)11-21/h2-7,10,26H,8-9,11,13H2,1H3,(H,23,25)/t20-/m0/s1. The molecule has 1 atom stereocenters. The molecule has 134 valence electrons. The highest BCUT2D eigenvalue weighted by molar-refractivity contribution is 5.97. The molecule has 0 aromatic heterocycles. The van der Waals surface area contributed by atoms with Crippen LogP contribution in [-0.2, 0) is 17.9 Å². The van der Waals surface area contributed by atoms with Crippen molar-refractivity contribution in [3.63, 3.8) is 0 Å². The number of carbonyl (C=O) groups excluding carboxylic acids is 1. The quantitative estimate of drug-likeness (QED) is 0.867. The molecule has 5 nitrogen and oxygen atoms in total. The highest BCUT2D eigenvalue weighted by atomic mass is 19.1. The van der Waals surface area contributed by atoms with Crippen molar-refractivity contribution in [3.05, 3.63) is 59.2 Å². The lowest BCUT2D eigenvalue weighted by Gasteiger charge is -2.29. The summed E-state index contributed by atoms with van der Waals surface area (Å²) < 4.78 is 13.0. The van der Waals surface area contributed by atoms with Crippen molar-refractivity contribution >= 4 is 17.3 Å². The van der Waals surface area contributed by atoms with Gasteiger partial charge in [-0.3, -0.25) is 4.79 Å². The topological polar surface area (TPSA) is 76.4 Å². The largest absolute Gasteiger partial charge is 0.378 e. The van der Waals surface area contributed by atoms with E-state index in [-0.39, 0.29) is 17.7 Å². The summed E-state index contributed by atoms with van der Waals surface area (Å²) in [5.41, 5.74) is 1.39.